The van der Waals surface area contributed by atoms with Gasteiger partial charge in [-0.2, -0.15) is 0 Å². The summed E-state index contributed by atoms with van der Waals surface area (Å²) in [6, 6.07) is 3.21. The van der Waals surface area contributed by atoms with Crippen LogP contribution in [0.4, 0.5) is 5.69 Å². The zero-order chi connectivity index (χ0) is 10.1. The number of hydrogen-bond acceptors (Lipinski definition) is 4. The summed E-state index contributed by atoms with van der Waals surface area (Å²) in [4.78, 5) is 18.1. The first-order chi connectivity index (χ1) is 6.72. The second-order valence-electron chi connectivity index (χ2n) is 2.86. The number of esters is 1. The lowest BCUT2D eigenvalue weighted by Crippen LogP contribution is -2.02. The van der Waals surface area contributed by atoms with Gasteiger partial charge in [-0.3, -0.25) is 0 Å². The summed E-state index contributed by atoms with van der Waals surface area (Å²) < 4.78 is 4.59. The lowest BCUT2D eigenvalue weighted by Gasteiger charge is -2.01. The highest BCUT2D eigenvalue weighted by Crippen LogP contribution is 2.19. The van der Waals surface area contributed by atoms with E-state index in [4.69, 9.17) is 5.73 Å². The van der Waals surface area contributed by atoms with Crippen molar-refractivity contribution in [3.63, 3.8) is 0 Å². The molecule has 0 fully saturated rings. The third-order valence-electron chi connectivity index (χ3n) is 1.97. The van der Waals surface area contributed by atoms with Crippen molar-refractivity contribution in [3.8, 4) is 0 Å². The van der Waals surface area contributed by atoms with E-state index >= 15 is 0 Å². The molecule has 72 valence electrons. The number of H-pyrrole nitrogens is 1. The first-order valence-electron chi connectivity index (χ1n) is 4.03. The van der Waals surface area contributed by atoms with Crippen molar-refractivity contribution in [3.05, 3.63) is 24.0 Å². The zero-order valence-corrected chi connectivity index (χ0v) is 7.57. The molecule has 1 aromatic carbocycles. The molecule has 0 spiro atoms. The summed E-state index contributed by atoms with van der Waals surface area (Å²) in [6.07, 6.45) is 1.53. The molecule has 0 saturated heterocycles. The average molecular weight is 191 g/mol. The molecule has 0 unspecified atom stereocenters. The molecule has 0 radical (unpaired) electrons. The maximum atomic E-state index is 11.2. The summed E-state index contributed by atoms with van der Waals surface area (Å²) in [6.45, 7) is 0. The van der Waals surface area contributed by atoms with Crippen molar-refractivity contribution >= 4 is 22.7 Å². The van der Waals surface area contributed by atoms with Gasteiger partial charge >= 0.3 is 5.97 Å². The van der Waals surface area contributed by atoms with Crippen molar-refractivity contribution in [2.45, 2.75) is 0 Å². The van der Waals surface area contributed by atoms with Crippen LogP contribution in [-0.4, -0.2) is 23.0 Å². The lowest BCUT2D eigenvalue weighted by atomic mass is 10.2. The number of aromatic amines is 1. The van der Waals surface area contributed by atoms with E-state index in [0.717, 1.165) is 5.52 Å². The Morgan fingerprint density at radius 3 is 3.07 bits per heavy atom. The van der Waals surface area contributed by atoms with Crippen molar-refractivity contribution in [1.82, 2.24) is 9.97 Å². The van der Waals surface area contributed by atoms with Crippen LogP contribution in [0.3, 0.4) is 0 Å². The number of nitrogens with zero attached hydrogens (tertiary/aromatic N) is 1. The molecule has 0 aliphatic carbocycles. The van der Waals surface area contributed by atoms with E-state index in [2.05, 4.69) is 14.7 Å². The second-order valence-corrected chi connectivity index (χ2v) is 2.86. The van der Waals surface area contributed by atoms with E-state index < -0.39 is 5.97 Å². The molecule has 1 heterocycles. The van der Waals surface area contributed by atoms with E-state index in [9.17, 15) is 4.79 Å². The number of rotatable bonds is 1. The fourth-order valence-corrected chi connectivity index (χ4v) is 1.31. The molecule has 0 atom stereocenters. The van der Waals surface area contributed by atoms with Gasteiger partial charge in [0, 0.05) is 0 Å². The fraction of sp³-hybridized carbons (Fsp3) is 0.111. The maximum absolute atomic E-state index is 11.2. The standard InChI is InChI=1S/C9H9N3O2/c1-14-9(13)5-2-6(10)8-7(3-5)11-4-12-8/h2-4H,10H2,1H3,(H,11,12). The van der Waals surface area contributed by atoms with Gasteiger partial charge in [-0.05, 0) is 12.1 Å². The first kappa shape index (κ1) is 8.55. The number of methoxy groups -OCH3 is 1. The minimum atomic E-state index is -0.409. The number of nitrogen functional groups attached to an aromatic ring is 1. The average Bonchev–Trinajstić information content (AvgIpc) is 2.64. The Hall–Kier alpha value is -2.04. The van der Waals surface area contributed by atoms with E-state index in [-0.39, 0.29) is 0 Å². The molecule has 2 aromatic rings. The fourth-order valence-electron chi connectivity index (χ4n) is 1.31. The van der Waals surface area contributed by atoms with Crippen LogP contribution in [0.1, 0.15) is 10.4 Å². The summed E-state index contributed by atoms with van der Waals surface area (Å²) in [7, 11) is 1.33. The molecule has 14 heavy (non-hydrogen) atoms. The number of benzene rings is 1. The number of nitrogens with one attached hydrogen (secondary N) is 1. The Labute approximate surface area is 79.9 Å². The van der Waals surface area contributed by atoms with E-state index in [0.29, 0.717) is 16.8 Å². The quantitative estimate of drug-likeness (QED) is 0.519. The zero-order valence-electron chi connectivity index (χ0n) is 7.57. The summed E-state index contributed by atoms with van der Waals surface area (Å²) in [5, 5.41) is 0. The number of fused-ring (bicyclic) bond motifs is 1. The Bertz CT molecular complexity index is 490. The predicted octanol–water partition coefficient (Wildman–Crippen LogP) is 0.932. The van der Waals surface area contributed by atoms with Crippen molar-refractivity contribution in [2.75, 3.05) is 12.8 Å². The molecule has 2 rings (SSSR count). The molecule has 0 amide bonds. The normalized spacial score (nSPS) is 10.4. The van der Waals surface area contributed by atoms with Crippen LogP contribution in [0.15, 0.2) is 18.5 Å². The monoisotopic (exact) mass is 191 g/mol. The van der Waals surface area contributed by atoms with E-state index in [1.165, 1.54) is 13.4 Å². The van der Waals surface area contributed by atoms with Gasteiger partial charge in [0.05, 0.1) is 30.2 Å². The van der Waals surface area contributed by atoms with Gasteiger partial charge in [0.1, 0.15) is 5.52 Å². The Morgan fingerprint density at radius 1 is 1.57 bits per heavy atom. The van der Waals surface area contributed by atoms with Crippen LogP contribution < -0.4 is 5.73 Å². The number of aromatic nitrogens is 2. The Morgan fingerprint density at radius 2 is 2.36 bits per heavy atom. The highest BCUT2D eigenvalue weighted by atomic mass is 16.5. The van der Waals surface area contributed by atoms with Crippen LogP contribution in [0.5, 0.6) is 0 Å². The molecule has 0 aliphatic rings. The minimum Gasteiger partial charge on any atom is -0.465 e. The first-order valence-corrected chi connectivity index (χ1v) is 4.03. The number of imidazole rings is 1. The van der Waals surface area contributed by atoms with Crippen molar-refractivity contribution < 1.29 is 9.53 Å². The van der Waals surface area contributed by atoms with Crippen LogP contribution >= 0.6 is 0 Å². The van der Waals surface area contributed by atoms with Crippen LogP contribution in [0.2, 0.25) is 0 Å². The van der Waals surface area contributed by atoms with Gasteiger partial charge in [0.25, 0.3) is 0 Å². The Kier molecular flexibility index (Phi) is 1.85. The predicted molar refractivity (Wildman–Crippen MR) is 51.8 cm³/mol. The molecule has 0 bridgehead atoms. The molecule has 3 N–H and O–H groups in total. The second kappa shape index (κ2) is 3.02. The number of anilines is 1. The van der Waals surface area contributed by atoms with Crippen molar-refractivity contribution in [1.29, 1.82) is 0 Å². The van der Waals surface area contributed by atoms with Gasteiger partial charge in [0.15, 0.2) is 0 Å². The molecule has 0 aliphatic heterocycles. The summed E-state index contributed by atoms with van der Waals surface area (Å²) >= 11 is 0. The van der Waals surface area contributed by atoms with Crippen LogP contribution in [0.25, 0.3) is 11.0 Å². The smallest absolute Gasteiger partial charge is 0.338 e. The summed E-state index contributed by atoms with van der Waals surface area (Å²) in [5.74, 6) is -0.409. The number of carbonyl (C=O) groups excluding carboxylic acids is 1. The van der Waals surface area contributed by atoms with Gasteiger partial charge in [0.2, 0.25) is 0 Å². The number of hydrogen-bond donors (Lipinski definition) is 2. The van der Waals surface area contributed by atoms with Gasteiger partial charge in [-0.15, -0.1) is 0 Å². The lowest BCUT2D eigenvalue weighted by molar-refractivity contribution is 0.0601. The molecule has 0 saturated carbocycles. The number of nitrogens with two attached hydrogens (primary N) is 1. The van der Waals surface area contributed by atoms with Crippen LogP contribution in [-0.2, 0) is 4.74 Å². The highest BCUT2D eigenvalue weighted by Gasteiger charge is 2.09. The molecule has 1 aromatic heterocycles. The third-order valence-corrected chi connectivity index (χ3v) is 1.97. The van der Waals surface area contributed by atoms with Gasteiger partial charge < -0.3 is 15.5 Å². The molecule has 5 nitrogen and oxygen atoms in total. The number of carbonyl (C=O) groups is 1. The Balaban J connectivity index is 2.64. The summed E-state index contributed by atoms with van der Waals surface area (Å²) in [5.41, 5.74) is 7.98. The largest absolute Gasteiger partial charge is 0.465 e. The molecular weight excluding hydrogens is 182 g/mol. The van der Waals surface area contributed by atoms with E-state index in [1.807, 2.05) is 0 Å². The van der Waals surface area contributed by atoms with Crippen molar-refractivity contribution in [2.24, 2.45) is 0 Å². The third kappa shape index (κ3) is 1.19. The highest BCUT2D eigenvalue weighted by molar-refractivity contribution is 5.98. The minimum absolute atomic E-state index is 0.409. The van der Waals surface area contributed by atoms with Gasteiger partial charge in [-0.25, -0.2) is 9.78 Å². The van der Waals surface area contributed by atoms with Crippen LogP contribution in [0, 0.1) is 0 Å². The molecular formula is C9H9N3O2. The SMILES string of the molecule is COC(=O)c1cc(N)c2nc[nH]c2c1. The topological polar surface area (TPSA) is 81.0 Å². The maximum Gasteiger partial charge on any atom is 0.338 e. The van der Waals surface area contributed by atoms with Gasteiger partial charge in [-0.1, -0.05) is 0 Å². The van der Waals surface area contributed by atoms with E-state index in [1.54, 1.807) is 12.1 Å². The molecule has 5 heteroatoms. The number of ether oxygens (including phenoxy) is 1.